The van der Waals surface area contributed by atoms with Crippen LogP contribution in [0.25, 0.3) is 10.9 Å². The minimum Gasteiger partial charge on any atom is -0.496 e. The average molecular weight is 275 g/mol. The molecule has 2 aromatic rings. The van der Waals surface area contributed by atoms with E-state index in [0.717, 1.165) is 17.0 Å². The van der Waals surface area contributed by atoms with E-state index in [1.807, 2.05) is 6.92 Å². The quantitative estimate of drug-likeness (QED) is 0.920. The van der Waals surface area contributed by atoms with Crippen LogP contribution in [0.2, 0.25) is 0 Å². The number of rotatable bonds is 3. The minimum absolute atomic E-state index is 0.119. The van der Waals surface area contributed by atoms with Crippen LogP contribution in [0.1, 0.15) is 49.8 Å². The Bertz CT molecular complexity index is 639. The Balaban J connectivity index is 2.11. The molecular weight excluding hydrogens is 254 g/mol. The van der Waals surface area contributed by atoms with Crippen LogP contribution >= 0.6 is 0 Å². The number of hydrogen-bond donors (Lipinski definition) is 1. The Morgan fingerprint density at radius 3 is 2.50 bits per heavy atom. The summed E-state index contributed by atoms with van der Waals surface area (Å²) in [5.41, 5.74) is 4.46. The van der Waals surface area contributed by atoms with Crippen LogP contribution in [-0.2, 0) is 9.47 Å². The molecule has 4 nitrogen and oxygen atoms in total. The number of H-pyrrole nitrogens is 1. The van der Waals surface area contributed by atoms with Gasteiger partial charge in [-0.25, -0.2) is 0 Å². The lowest BCUT2D eigenvalue weighted by molar-refractivity contribution is -0.383. The van der Waals surface area contributed by atoms with Crippen molar-refractivity contribution in [3.8, 4) is 5.75 Å². The highest BCUT2D eigenvalue weighted by atomic mass is 16.9. The first kappa shape index (κ1) is 13.5. The number of aromatic nitrogens is 1. The molecule has 0 bridgehead atoms. The van der Waals surface area contributed by atoms with Gasteiger partial charge in [0.15, 0.2) is 6.29 Å². The van der Waals surface area contributed by atoms with Crippen LogP contribution in [-0.4, -0.2) is 18.4 Å². The first-order valence-electron chi connectivity index (χ1n) is 7.02. The zero-order valence-electron chi connectivity index (χ0n) is 12.6. The highest BCUT2D eigenvalue weighted by molar-refractivity contribution is 5.87. The topological polar surface area (TPSA) is 43.5 Å². The van der Waals surface area contributed by atoms with E-state index in [9.17, 15) is 0 Å². The second-order valence-electron chi connectivity index (χ2n) is 5.63. The van der Waals surface area contributed by atoms with E-state index in [2.05, 4.69) is 37.9 Å². The number of aromatic amines is 1. The highest BCUT2D eigenvalue weighted by Gasteiger charge is 2.31. The molecule has 0 amide bonds. The van der Waals surface area contributed by atoms with Gasteiger partial charge >= 0.3 is 0 Å². The maximum atomic E-state index is 5.59. The number of nitrogens with one attached hydrogen (secondary N) is 1. The van der Waals surface area contributed by atoms with Gasteiger partial charge in [-0.2, -0.15) is 0 Å². The predicted octanol–water partition coefficient (Wildman–Crippen LogP) is 4.00. The van der Waals surface area contributed by atoms with Gasteiger partial charge in [0.1, 0.15) is 5.75 Å². The van der Waals surface area contributed by atoms with Crippen molar-refractivity contribution in [2.75, 3.05) is 7.11 Å². The standard InChI is InChI=1S/C16H21NO3/c1-8(2)11-6-12-9(3)15(16-19-10(4)20-16)17-13(12)7-14(11)18-5/h6-8,10,16-17H,1-5H3. The summed E-state index contributed by atoms with van der Waals surface area (Å²) in [5.74, 6) is 1.34. The third-order valence-electron chi connectivity index (χ3n) is 3.94. The van der Waals surface area contributed by atoms with Gasteiger partial charge in [-0.1, -0.05) is 13.8 Å². The van der Waals surface area contributed by atoms with E-state index in [1.165, 1.54) is 16.5 Å². The second kappa shape index (κ2) is 4.79. The molecule has 1 fully saturated rings. The molecule has 1 saturated heterocycles. The molecule has 0 atom stereocenters. The summed E-state index contributed by atoms with van der Waals surface area (Å²) in [4.78, 5) is 3.40. The molecule has 1 aromatic carbocycles. The molecule has 1 aliphatic rings. The Morgan fingerprint density at radius 1 is 1.25 bits per heavy atom. The first-order chi connectivity index (χ1) is 9.51. The van der Waals surface area contributed by atoms with Crippen molar-refractivity contribution in [3.05, 3.63) is 29.0 Å². The summed E-state index contributed by atoms with van der Waals surface area (Å²) in [5, 5.41) is 1.20. The molecule has 0 spiro atoms. The molecule has 2 heterocycles. The monoisotopic (exact) mass is 275 g/mol. The van der Waals surface area contributed by atoms with Crippen LogP contribution in [0.15, 0.2) is 12.1 Å². The zero-order chi connectivity index (χ0) is 14.4. The lowest BCUT2D eigenvalue weighted by atomic mass is 9.99. The second-order valence-corrected chi connectivity index (χ2v) is 5.63. The molecule has 1 aromatic heterocycles. The fourth-order valence-electron chi connectivity index (χ4n) is 2.75. The van der Waals surface area contributed by atoms with Crippen LogP contribution in [0.5, 0.6) is 5.75 Å². The number of hydrogen-bond acceptors (Lipinski definition) is 3. The van der Waals surface area contributed by atoms with Crippen LogP contribution in [0.4, 0.5) is 0 Å². The van der Waals surface area contributed by atoms with Gasteiger partial charge in [0.05, 0.1) is 12.8 Å². The largest absolute Gasteiger partial charge is 0.496 e. The summed E-state index contributed by atoms with van der Waals surface area (Å²) in [6.07, 6.45) is -0.391. The Labute approximate surface area is 119 Å². The minimum atomic E-state index is -0.272. The van der Waals surface area contributed by atoms with E-state index >= 15 is 0 Å². The molecule has 0 saturated carbocycles. The summed E-state index contributed by atoms with van der Waals surface area (Å²) < 4.78 is 16.7. The number of aryl methyl sites for hydroxylation is 1. The van der Waals surface area contributed by atoms with E-state index in [-0.39, 0.29) is 12.6 Å². The van der Waals surface area contributed by atoms with E-state index in [4.69, 9.17) is 14.2 Å². The summed E-state index contributed by atoms with van der Waals surface area (Å²) in [7, 11) is 1.71. The third kappa shape index (κ3) is 2.00. The molecule has 0 radical (unpaired) electrons. The molecule has 0 unspecified atom stereocenters. The van der Waals surface area contributed by atoms with Crippen molar-refractivity contribution >= 4 is 10.9 Å². The van der Waals surface area contributed by atoms with E-state index in [1.54, 1.807) is 7.11 Å². The maximum absolute atomic E-state index is 5.59. The normalized spacial score (nSPS) is 22.3. The van der Waals surface area contributed by atoms with Crippen molar-refractivity contribution in [1.82, 2.24) is 4.98 Å². The van der Waals surface area contributed by atoms with Crippen LogP contribution in [0.3, 0.4) is 0 Å². The van der Waals surface area contributed by atoms with Crippen molar-refractivity contribution < 1.29 is 14.2 Å². The number of benzene rings is 1. The molecule has 3 rings (SSSR count). The number of fused-ring (bicyclic) bond motifs is 1. The summed E-state index contributed by atoms with van der Waals surface area (Å²) in [6.45, 7) is 8.34. The lowest BCUT2D eigenvalue weighted by Gasteiger charge is -2.33. The van der Waals surface area contributed by atoms with Gasteiger partial charge in [0.25, 0.3) is 0 Å². The van der Waals surface area contributed by atoms with Crippen molar-refractivity contribution in [2.24, 2.45) is 0 Å². The molecular formula is C16H21NO3. The smallest absolute Gasteiger partial charge is 0.204 e. The van der Waals surface area contributed by atoms with Crippen LogP contribution in [0, 0.1) is 6.92 Å². The lowest BCUT2D eigenvalue weighted by Crippen LogP contribution is -2.32. The Kier molecular flexibility index (Phi) is 3.22. The van der Waals surface area contributed by atoms with Gasteiger partial charge in [0.2, 0.25) is 6.29 Å². The van der Waals surface area contributed by atoms with Crippen LogP contribution < -0.4 is 4.74 Å². The predicted molar refractivity (Wildman–Crippen MR) is 78.0 cm³/mol. The fraction of sp³-hybridized carbons (Fsp3) is 0.500. The van der Waals surface area contributed by atoms with Gasteiger partial charge in [-0.3, -0.25) is 0 Å². The molecule has 20 heavy (non-hydrogen) atoms. The molecule has 1 aliphatic heterocycles. The first-order valence-corrected chi connectivity index (χ1v) is 7.02. The van der Waals surface area contributed by atoms with Gasteiger partial charge in [0, 0.05) is 17.0 Å². The SMILES string of the molecule is COc1cc2[nH]c(C3OC(C)O3)c(C)c2cc1C(C)C. The molecule has 108 valence electrons. The van der Waals surface area contributed by atoms with Gasteiger partial charge < -0.3 is 19.2 Å². The average Bonchev–Trinajstić information content (AvgIpc) is 2.70. The Morgan fingerprint density at radius 2 is 1.95 bits per heavy atom. The fourth-order valence-corrected chi connectivity index (χ4v) is 2.75. The number of ether oxygens (including phenoxy) is 3. The van der Waals surface area contributed by atoms with Crippen molar-refractivity contribution in [1.29, 1.82) is 0 Å². The van der Waals surface area contributed by atoms with E-state index in [0.29, 0.717) is 5.92 Å². The molecule has 1 N–H and O–H groups in total. The van der Waals surface area contributed by atoms with E-state index < -0.39 is 0 Å². The zero-order valence-corrected chi connectivity index (χ0v) is 12.6. The van der Waals surface area contributed by atoms with Gasteiger partial charge in [-0.05, 0) is 37.0 Å². The summed E-state index contributed by atoms with van der Waals surface area (Å²) >= 11 is 0. The maximum Gasteiger partial charge on any atom is 0.204 e. The molecule has 0 aliphatic carbocycles. The third-order valence-corrected chi connectivity index (χ3v) is 3.94. The number of methoxy groups -OCH3 is 1. The molecule has 4 heteroatoms. The van der Waals surface area contributed by atoms with Crippen molar-refractivity contribution in [2.45, 2.75) is 46.2 Å². The highest BCUT2D eigenvalue weighted by Crippen LogP contribution is 2.38. The summed E-state index contributed by atoms with van der Waals surface area (Å²) in [6, 6.07) is 4.26. The van der Waals surface area contributed by atoms with Crippen molar-refractivity contribution in [3.63, 3.8) is 0 Å². The Hall–Kier alpha value is -1.52. The van der Waals surface area contributed by atoms with Gasteiger partial charge in [-0.15, -0.1) is 0 Å².